The summed E-state index contributed by atoms with van der Waals surface area (Å²) < 4.78 is 57.2. The normalized spacial score (nSPS) is 46.3. The second-order valence-corrected chi connectivity index (χ2v) is 29.8. The van der Waals surface area contributed by atoms with Gasteiger partial charge in [0.15, 0.2) is 0 Å². The third kappa shape index (κ3) is 11.0. The molecule has 13 atom stereocenters. The number of hydrogen-bond acceptors (Lipinski definition) is 4. The van der Waals surface area contributed by atoms with Gasteiger partial charge in [-0.05, 0) is 258 Å². The fraction of sp³-hybridized carbons (Fsp3) is 0.808. The lowest BCUT2D eigenvalue weighted by Crippen LogP contribution is -2.55. The van der Waals surface area contributed by atoms with Crippen molar-refractivity contribution in [2.45, 2.75) is 305 Å². The van der Waals surface area contributed by atoms with E-state index in [9.17, 15) is 13.2 Å². The van der Waals surface area contributed by atoms with Crippen LogP contribution in [0.3, 0.4) is 0 Å². The molecule has 1 aliphatic heterocycles. The van der Waals surface area contributed by atoms with Crippen molar-refractivity contribution in [3.05, 3.63) is 84.6 Å². The van der Waals surface area contributed by atoms with Crippen LogP contribution in [-0.4, -0.2) is 76.6 Å². The van der Waals surface area contributed by atoms with E-state index in [4.69, 9.17) is 9.47 Å². The molecule has 7 heteroatoms. The molecule has 0 bridgehead atoms. The molecule has 80 heavy (non-hydrogen) atoms. The third-order valence-corrected chi connectivity index (χ3v) is 26.2. The Morgan fingerprint density at radius 1 is 0.637 bits per heavy atom. The van der Waals surface area contributed by atoms with E-state index >= 15 is 0 Å². The lowest BCUT2D eigenvalue weighted by atomic mass is 9.50. The Labute approximate surface area is 483 Å². The minimum Gasteiger partial charge on any atom is -0.375 e. The van der Waals surface area contributed by atoms with Crippen molar-refractivity contribution in [2.24, 2.45) is 64.1 Å². The van der Waals surface area contributed by atoms with Gasteiger partial charge in [0.2, 0.25) is 0 Å². The van der Waals surface area contributed by atoms with Crippen LogP contribution in [0.1, 0.15) is 238 Å². The molecule has 13 rings (SSSR count). The van der Waals surface area contributed by atoms with E-state index in [1.807, 2.05) is 11.6 Å². The van der Waals surface area contributed by atoms with Gasteiger partial charge in [0.1, 0.15) is 0 Å². The van der Waals surface area contributed by atoms with Crippen molar-refractivity contribution < 1.29 is 22.6 Å². The highest BCUT2D eigenvalue weighted by atomic mass is 19.4. The zero-order valence-electron chi connectivity index (χ0n) is 49.9. The van der Waals surface area contributed by atoms with Crippen LogP contribution in [0.15, 0.2) is 84.6 Å². The molecular weight excluding hydrogens is 994 g/mol. The molecule has 13 aliphatic rings. The van der Waals surface area contributed by atoms with Crippen LogP contribution < -0.4 is 0 Å². The van der Waals surface area contributed by atoms with Crippen LogP contribution in [0.2, 0.25) is 0 Å². The number of halogens is 3. The first-order valence-electron chi connectivity index (χ1n) is 34.7. The highest BCUT2D eigenvalue weighted by molar-refractivity contribution is 5.34. The van der Waals surface area contributed by atoms with E-state index in [2.05, 4.69) is 78.5 Å². The smallest absolute Gasteiger partial charge is 0.375 e. The second-order valence-electron chi connectivity index (χ2n) is 29.8. The van der Waals surface area contributed by atoms with Crippen LogP contribution in [0.25, 0.3) is 0 Å². The van der Waals surface area contributed by atoms with E-state index in [0.717, 1.165) is 55.9 Å². The molecule has 0 aromatic heterocycles. The molecular formula is C73H107F3N2O2. The SMILES string of the molecule is C=CC1=CCC(OC2CCC(C3(C4=CCCCC4)C4CCCCC4C4(C)C=CC(N(C5CCC(C6=CC7C8CCCCC8N(C8CCC(OC9C=CC(C=C)CC9)CC8)C7CC6)CC5)C5CCC(C(F)(F)F)CC5)CC43)CC2)CC1. The number of hydrogen-bond donors (Lipinski definition) is 0. The van der Waals surface area contributed by atoms with Crippen molar-refractivity contribution in [3.63, 3.8) is 0 Å². The molecule has 12 aliphatic carbocycles. The summed E-state index contributed by atoms with van der Waals surface area (Å²) in [5, 5.41) is 0. The van der Waals surface area contributed by atoms with E-state index < -0.39 is 12.1 Å². The van der Waals surface area contributed by atoms with Crippen LogP contribution in [0.5, 0.6) is 0 Å². The lowest BCUT2D eigenvalue weighted by molar-refractivity contribution is -0.185. The van der Waals surface area contributed by atoms with Crippen LogP contribution in [0, 0.1) is 64.1 Å². The van der Waals surface area contributed by atoms with E-state index in [1.54, 1.807) is 5.57 Å². The molecule has 4 nitrogen and oxygen atoms in total. The van der Waals surface area contributed by atoms with Gasteiger partial charge < -0.3 is 9.47 Å². The quantitative estimate of drug-likeness (QED) is 0.172. The minimum atomic E-state index is -4.09. The van der Waals surface area contributed by atoms with Gasteiger partial charge in [-0.25, -0.2) is 0 Å². The molecule has 0 N–H and O–H groups in total. The Bertz CT molecular complexity index is 2300. The van der Waals surface area contributed by atoms with Gasteiger partial charge in [-0.15, -0.1) is 6.58 Å². The number of allylic oxidation sites excluding steroid dienone is 8. The summed E-state index contributed by atoms with van der Waals surface area (Å²) in [6, 6.07) is 3.17. The summed E-state index contributed by atoms with van der Waals surface area (Å²) in [7, 11) is 0. The summed E-state index contributed by atoms with van der Waals surface area (Å²) in [6.07, 6.45) is 62.1. The van der Waals surface area contributed by atoms with Gasteiger partial charge >= 0.3 is 6.18 Å². The van der Waals surface area contributed by atoms with Gasteiger partial charge in [0.25, 0.3) is 0 Å². The topological polar surface area (TPSA) is 24.9 Å². The number of fused-ring (bicyclic) bond motifs is 6. The van der Waals surface area contributed by atoms with E-state index in [0.29, 0.717) is 97.8 Å². The summed E-state index contributed by atoms with van der Waals surface area (Å²) in [4.78, 5) is 6.13. The monoisotopic (exact) mass is 1100 g/mol. The molecule has 0 spiro atoms. The predicted octanol–water partition coefficient (Wildman–Crippen LogP) is 18.9. The fourth-order valence-electron chi connectivity index (χ4n) is 22.6. The standard InChI is InChI=1S/C73H107F3N2O2/c1-4-49-19-36-60(37-20-49)79-62-40-28-54(29-41-62)72(53-13-7-6-8-14-53)67-17-11-10-16-66(67)71(3)46-45-59(48-70(71)72)77(57-32-26-55(27-33-57)73(74,75)76)56-30-23-51(24-31-56)52-25-44-69-65(47-52)64-15-9-12-18-68(64)78(69)58-34-42-63(43-35-58)80-61-38-21-50(5-2)22-39-61/h4-5,13,19,21,38,45-47,50-51,54-70H,1-2,6-12,14-18,20,22-37,39-44,48H2,3H3. The maximum Gasteiger partial charge on any atom is 0.391 e. The average Bonchev–Trinajstić information content (AvgIpc) is 2.65. The van der Waals surface area contributed by atoms with E-state index in [1.165, 1.54) is 179 Å². The van der Waals surface area contributed by atoms with Gasteiger partial charge in [-0.3, -0.25) is 9.80 Å². The maximum absolute atomic E-state index is 14.5. The minimum absolute atomic E-state index is 0.163. The van der Waals surface area contributed by atoms with Crippen LogP contribution >= 0.6 is 0 Å². The van der Waals surface area contributed by atoms with Crippen molar-refractivity contribution in [1.29, 1.82) is 0 Å². The maximum atomic E-state index is 14.5. The Morgan fingerprint density at radius 2 is 1.36 bits per heavy atom. The molecule has 1 heterocycles. The van der Waals surface area contributed by atoms with Crippen molar-refractivity contribution in [3.8, 4) is 0 Å². The number of ether oxygens (including phenoxy) is 2. The lowest BCUT2D eigenvalue weighted by Gasteiger charge is -2.56. The number of nitrogens with zero attached hydrogens (tertiary/aromatic N) is 2. The Kier molecular flexibility index (Phi) is 17.3. The molecule has 1 saturated heterocycles. The third-order valence-electron chi connectivity index (χ3n) is 26.2. The highest BCUT2D eigenvalue weighted by Gasteiger charge is 2.69. The Balaban J connectivity index is 0.730. The Morgan fingerprint density at radius 3 is 2.05 bits per heavy atom. The van der Waals surface area contributed by atoms with Crippen LogP contribution in [0.4, 0.5) is 13.2 Å². The van der Waals surface area contributed by atoms with E-state index in [-0.39, 0.29) is 23.0 Å². The van der Waals surface area contributed by atoms with Gasteiger partial charge in [-0.2, -0.15) is 13.2 Å². The van der Waals surface area contributed by atoms with Crippen molar-refractivity contribution in [1.82, 2.24) is 9.80 Å². The number of alkyl halides is 3. The largest absolute Gasteiger partial charge is 0.391 e. The molecule has 0 radical (unpaired) electrons. The summed E-state index contributed by atoms with van der Waals surface area (Å²) in [6.45, 7) is 10.8. The number of rotatable bonds is 13. The first-order chi connectivity index (χ1) is 39.0. The molecule has 442 valence electrons. The zero-order chi connectivity index (χ0) is 54.6. The predicted molar refractivity (Wildman–Crippen MR) is 321 cm³/mol. The Hall–Kier alpha value is -2.19. The van der Waals surface area contributed by atoms with Crippen molar-refractivity contribution >= 4 is 0 Å². The number of likely N-dealkylation sites (tertiary alicyclic amines) is 1. The summed E-state index contributed by atoms with van der Waals surface area (Å²) >= 11 is 0. The average molecular weight is 1100 g/mol. The molecule has 0 aromatic carbocycles. The molecule has 0 amide bonds. The molecule has 8 fully saturated rings. The first-order valence-corrected chi connectivity index (χ1v) is 34.7. The van der Waals surface area contributed by atoms with Crippen molar-refractivity contribution in [2.75, 3.05) is 0 Å². The fourth-order valence-corrected chi connectivity index (χ4v) is 22.6. The molecule has 13 unspecified atom stereocenters. The van der Waals surface area contributed by atoms with Gasteiger partial charge in [0, 0.05) is 41.7 Å². The molecule has 7 saturated carbocycles. The summed E-state index contributed by atoms with van der Waals surface area (Å²) in [5.74, 6) is 4.29. The zero-order valence-corrected chi connectivity index (χ0v) is 49.9. The van der Waals surface area contributed by atoms with Gasteiger partial charge in [-0.1, -0.05) is 111 Å². The first kappa shape index (κ1) is 56.9. The second kappa shape index (κ2) is 24.3. The molecule has 0 aromatic rings. The summed E-state index contributed by atoms with van der Waals surface area (Å²) in [5.41, 5.74) is 5.43. The highest BCUT2D eigenvalue weighted by Crippen LogP contribution is 2.75. The van der Waals surface area contributed by atoms with Crippen LogP contribution in [-0.2, 0) is 9.47 Å². The van der Waals surface area contributed by atoms with Gasteiger partial charge in [0.05, 0.1) is 30.3 Å².